The summed E-state index contributed by atoms with van der Waals surface area (Å²) in [6.45, 7) is 19.4. The molecule has 1 unspecified atom stereocenters. The van der Waals surface area contributed by atoms with E-state index in [2.05, 4.69) is 53.1 Å². The normalized spacial score (nSPS) is 25.4. The smallest absolute Gasteiger partial charge is 0.521 e. The molecule has 0 spiro atoms. The first-order valence-electron chi connectivity index (χ1n) is 15.6. The number of hydrogen-bond donors (Lipinski definition) is 2. The van der Waals surface area contributed by atoms with E-state index in [9.17, 15) is 9.59 Å². The molecule has 0 aromatic carbocycles. The Morgan fingerprint density at radius 3 is 1.58 bits per heavy atom. The van der Waals surface area contributed by atoms with Gasteiger partial charge in [-0.15, -0.1) is 0 Å². The van der Waals surface area contributed by atoms with Gasteiger partial charge >= 0.3 is 20.2 Å². The van der Waals surface area contributed by atoms with Crippen molar-refractivity contribution in [3.63, 3.8) is 0 Å². The van der Waals surface area contributed by atoms with Crippen LogP contribution in [0.5, 0.6) is 0 Å². The maximum absolute atomic E-state index is 11.9. The molecule has 0 saturated heterocycles. The molecule has 2 aliphatic carbocycles. The van der Waals surface area contributed by atoms with E-state index in [0.29, 0.717) is 37.0 Å². The molecule has 12 heteroatoms. The zero-order chi connectivity index (χ0) is 33.1. The van der Waals surface area contributed by atoms with Crippen molar-refractivity contribution in [1.82, 2.24) is 0 Å². The molecule has 7 atom stereocenters. The third-order valence-corrected chi connectivity index (χ3v) is 8.13. The van der Waals surface area contributed by atoms with Crippen molar-refractivity contribution in [3.8, 4) is 0 Å². The van der Waals surface area contributed by atoms with Gasteiger partial charge in [-0.25, -0.2) is 14.8 Å². The Bertz CT molecular complexity index is 831. The summed E-state index contributed by atoms with van der Waals surface area (Å²) >= 11 is 0. The van der Waals surface area contributed by atoms with Crippen LogP contribution in [0.1, 0.15) is 102 Å². The van der Waals surface area contributed by atoms with Gasteiger partial charge in [0, 0.05) is 29.2 Å². The Balaban J connectivity index is 0. The molecule has 0 fully saturated rings. The highest BCUT2D eigenvalue weighted by molar-refractivity contribution is 7.30. The lowest BCUT2D eigenvalue weighted by Crippen LogP contribution is -2.42. The molecule has 0 bridgehead atoms. The van der Waals surface area contributed by atoms with Crippen LogP contribution in [0.4, 0.5) is 0 Å². The van der Waals surface area contributed by atoms with Gasteiger partial charge in [-0.2, -0.15) is 0 Å². The standard InChI is InChI=1S/C16H28O3.C15H27NO3.HO4P.H2/c1-6-14(7-2)19-15-10-13(16(17)18-8-3)9-11(4)12(15)5;1-5-12(6-2)19-14-9-11(15(17)18-7-3)8-13(16)10(14)4;1-4-5(2)3;/h10-12,14-15H,6-9H2,1-5H3;9-10,12-14H,5-8,16H2,1-4H3;1H;1H/t11-,12+,15+;10-,13+,14-;;/m01../s1. The van der Waals surface area contributed by atoms with Crippen molar-refractivity contribution in [2.24, 2.45) is 23.5 Å². The first kappa shape index (κ1) is 41.3. The van der Waals surface area contributed by atoms with Gasteiger partial charge in [-0.05, 0) is 80.9 Å². The van der Waals surface area contributed by atoms with Crippen molar-refractivity contribution in [2.45, 2.75) is 131 Å². The summed E-state index contributed by atoms with van der Waals surface area (Å²) in [5.41, 5.74) is 7.56. The Hall–Kier alpha value is -1.72. The van der Waals surface area contributed by atoms with Crippen molar-refractivity contribution in [3.05, 3.63) is 23.3 Å². The van der Waals surface area contributed by atoms with Crippen molar-refractivity contribution in [2.75, 3.05) is 13.2 Å². The predicted octanol–water partition coefficient (Wildman–Crippen LogP) is 5.88. The van der Waals surface area contributed by atoms with Crippen LogP contribution < -0.4 is 10.6 Å². The molecule has 0 heterocycles. The number of carbonyl (C=O) groups is 2. The highest BCUT2D eigenvalue weighted by Gasteiger charge is 2.33. The van der Waals surface area contributed by atoms with Gasteiger partial charge in [0.15, 0.2) is 0 Å². The van der Waals surface area contributed by atoms with E-state index >= 15 is 0 Å². The van der Waals surface area contributed by atoms with Gasteiger partial charge in [0.2, 0.25) is 0 Å². The first-order chi connectivity index (χ1) is 20.3. The molecule has 0 saturated carbocycles. The fourth-order valence-corrected chi connectivity index (χ4v) is 4.86. The van der Waals surface area contributed by atoms with E-state index in [4.69, 9.17) is 39.4 Å². The number of ether oxygens (including phenoxy) is 4. The van der Waals surface area contributed by atoms with Gasteiger partial charge in [-0.3, -0.25) is 0 Å². The number of rotatable bonds is 13. The summed E-state index contributed by atoms with van der Waals surface area (Å²) in [7, 11) is -3.04. The average Bonchev–Trinajstić information content (AvgIpc) is 2.99. The molecule has 2 rings (SSSR count). The quantitative estimate of drug-likeness (QED) is 0.107. The van der Waals surface area contributed by atoms with Crippen LogP contribution in [0.15, 0.2) is 23.3 Å². The van der Waals surface area contributed by atoms with E-state index < -0.39 is 8.25 Å². The molecule has 2 aliphatic rings. The van der Waals surface area contributed by atoms with Crippen LogP contribution in [0.3, 0.4) is 0 Å². The number of nitrogens with two attached hydrogens (primary N) is 1. The van der Waals surface area contributed by atoms with E-state index in [1.807, 2.05) is 26.0 Å². The summed E-state index contributed by atoms with van der Waals surface area (Å²) in [6, 6.07) is -0.0521. The third kappa shape index (κ3) is 15.2. The molecule has 0 radical (unpaired) electrons. The van der Waals surface area contributed by atoms with E-state index in [1.54, 1.807) is 0 Å². The lowest BCUT2D eigenvalue weighted by atomic mass is 9.80. The van der Waals surface area contributed by atoms with E-state index in [-0.39, 0.29) is 49.7 Å². The van der Waals surface area contributed by atoms with Crippen LogP contribution in [-0.4, -0.2) is 60.9 Å². The summed E-state index contributed by atoms with van der Waals surface area (Å²) in [5, 5.41) is 7.05. The monoisotopic (exact) mass is 635 g/mol. The van der Waals surface area contributed by atoms with Crippen LogP contribution in [0.2, 0.25) is 0 Å². The minimum Gasteiger partial charge on any atom is -0.565 e. The van der Waals surface area contributed by atoms with Gasteiger partial charge < -0.3 is 29.6 Å². The van der Waals surface area contributed by atoms with E-state index in [1.165, 1.54) is 0 Å². The van der Waals surface area contributed by atoms with Gasteiger partial charge in [0.25, 0.3) is 0 Å². The molecule has 0 amide bonds. The van der Waals surface area contributed by atoms with Crippen LogP contribution in [0.25, 0.3) is 0 Å². The topological polar surface area (TPSA) is 167 Å². The Kier molecular flexibility index (Phi) is 21.8. The zero-order valence-electron chi connectivity index (χ0n) is 27.6. The van der Waals surface area contributed by atoms with Crippen molar-refractivity contribution >= 4 is 20.2 Å². The molecular formula is C31H58NO10P. The van der Waals surface area contributed by atoms with Gasteiger partial charge in [-0.1, -0.05) is 48.5 Å². The molecule has 252 valence electrons. The summed E-state index contributed by atoms with van der Waals surface area (Å²) in [6.07, 6.45) is 9.66. The largest absolute Gasteiger partial charge is 0.565 e. The number of esters is 2. The molecule has 11 nitrogen and oxygen atoms in total. The maximum atomic E-state index is 11.9. The Morgan fingerprint density at radius 2 is 1.23 bits per heavy atom. The zero-order valence-corrected chi connectivity index (χ0v) is 28.5. The Morgan fingerprint density at radius 1 is 0.860 bits per heavy atom. The minimum atomic E-state index is -3.04. The maximum Gasteiger partial charge on any atom is 0.521 e. The molecule has 0 aromatic rings. The van der Waals surface area contributed by atoms with E-state index in [0.717, 1.165) is 37.7 Å². The number of carbonyl (C=O) groups excluding carboxylic acids is 2. The molecule has 0 aliphatic heterocycles. The fourth-order valence-electron chi connectivity index (χ4n) is 4.86. The minimum absolute atomic E-state index is 0. The highest BCUT2D eigenvalue weighted by atomic mass is 31.1. The lowest BCUT2D eigenvalue weighted by Gasteiger charge is -2.34. The van der Waals surface area contributed by atoms with Crippen LogP contribution in [-0.2, 0) is 37.8 Å². The average molecular weight is 636 g/mol. The molecule has 0 aromatic heterocycles. The van der Waals surface area contributed by atoms with Crippen molar-refractivity contribution in [1.29, 1.82) is 0 Å². The van der Waals surface area contributed by atoms with Gasteiger partial charge in [0.1, 0.15) is 0 Å². The third-order valence-electron chi connectivity index (χ3n) is 8.00. The lowest BCUT2D eigenvalue weighted by molar-refractivity contribution is -0.244. The predicted molar refractivity (Wildman–Crippen MR) is 166 cm³/mol. The molecule has 3 N–H and O–H groups in total. The Labute approximate surface area is 260 Å². The second-order valence-corrected chi connectivity index (χ2v) is 11.6. The summed E-state index contributed by atoms with van der Waals surface area (Å²) in [4.78, 5) is 32.6. The molecule has 43 heavy (non-hydrogen) atoms. The number of hydrogen-bond acceptors (Lipinski definition) is 11. The highest BCUT2D eigenvalue weighted by Crippen LogP contribution is 2.33. The van der Waals surface area contributed by atoms with Gasteiger partial charge in [0.05, 0.1) is 37.6 Å². The second-order valence-electron chi connectivity index (χ2n) is 11.0. The molecular weight excluding hydrogens is 577 g/mol. The summed E-state index contributed by atoms with van der Waals surface area (Å²) < 4.78 is 34.0. The summed E-state index contributed by atoms with van der Waals surface area (Å²) in [5.74, 6) is 0.670. The SMILES string of the molecule is CCOC(=O)C1=C[C@@H](OC(CC)CC)[C@H](C)[C@@H](C)C1.CCOC(=O)C1=C[C@@H](OC(CC)CC)[C@H](C)[C@@H](N)C1.O=[P+]([O-])OO.[HH]. The van der Waals surface area contributed by atoms with Crippen LogP contribution >= 0.6 is 8.25 Å². The fraction of sp³-hybridized carbons (Fsp3) is 0.806. The van der Waals surface area contributed by atoms with Crippen LogP contribution in [0, 0.1) is 17.8 Å². The second kappa shape index (κ2) is 22.7. The van der Waals surface area contributed by atoms with Crippen molar-refractivity contribution < 1.29 is 49.4 Å². The first-order valence-corrected chi connectivity index (χ1v) is 16.7.